The van der Waals surface area contributed by atoms with Crippen molar-refractivity contribution in [3.8, 4) is 11.4 Å². The number of rotatable bonds is 13. The maximum absolute atomic E-state index is 14.2. The molecular weight excluding hydrogens is 524 g/mol. The van der Waals surface area contributed by atoms with E-state index < -0.39 is 42.1 Å². The molecule has 3 rings (SSSR count). The lowest BCUT2D eigenvalue weighted by atomic mass is 9.95. The molecular formula is C29H34F2N3O6-. The van der Waals surface area contributed by atoms with Gasteiger partial charge in [0.2, 0.25) is 0 Å². The SMILES string of the molecule is COc1ccc(CN(C)C(=O)c2nn(-c3ccc(F)cc3)c(CC[C@@H](O)C[C@@H](O)CC(=O)[O-])c2C(C)C)cc1F. The molecule has 2 aromatic carbocycles. The molecule has 0 saturated carbocycles. The number of nitrogens with zero attached hydrogens (tertiary/aromatic N) is 3. The van der Waals surface area contributed by atoms with Crippen molar-refractivity contribution in [2.24, 2.45) is 0 Å². The van der Waals surface area contributed by atoms with Gasteiger partial charge >= 0.3 is 0 Å². The van der Waals surface area contributed by atoms with Crippen molar-refractivity contribution in [3.63, 3.8) is 0 Å². The molecule has 0 saturated heterocycles. The Morgan fingerprint density at radius 1 is 1.10 bits per heavy atom. The molecule has 40 heavy (non-hydrogen) atoms. The number of amides is 1. The van der Waals surface area contributed by atoms with E-state index in [0.29, 0.717) is 22.5 Å². The van der Waals surface area contributed by atoms with Gasteiger partial charge in [-0.2, -0.15) is 5.10 Å². The van der Waals surface area contributed by atoms with Crippen molar-refractivity contribution in [2.75, 3.05) is 14.2 Å². The Kier molecular flexibility index (Phi) is 10.4. The summed E-state index contributed by atoms with van der Waals surface area (Å²) < 4.78 is 34.4. The van der Waals surface area contributed by atoms with Crippen LogP contribution < -0.4 is 9.84 Å². The number of carbonyl (C=O) groups excluding carboxylic acids is 2. The fraction of sp³-hybridized carbons (Fsp3) is 0.414. The highest BCUT2D eigenvalue weighted by molar-refractivity contribution is 5.94. The minimum absolute atomic E-state index is 0.0943. The molecule has 11 heteroatoms. The highest BCUT2D eigenvalue weighted by atomic mass is 19.1. The standard InChI is InChI=1S/C29H35F2N3O6/c1-17(2)27-24(11-10-21(35)14-22(36)15-26(37)38)34(20-8-6-19(30)7-9-20)32-28(27)29(39)33(3)16-18-5-12-25(40-4)23(31)13-18/h5-9,12-13,17,21-22,35-36H,10-11,14-16H2,1-4H3,(H,37,38)/p-1/t21-,22-/m1/s1. The minimum Gasteiger partial charge on any atom is -0.550 e. The summed E-state index contributed by atoms with van der Waals surface area (Å²) in [5.74, 6) is -2.89. The van der Waals surface area contributed by atoms with Gasteiger partial charge < -0.3 is 29.8 Å². The van der Waals surface area contributed by atoms with Crippen molar-refractivity contribution < 1.29 is 38.4 Å². The van der Waals surface area contributed by atoms with Crippen LogP contribution >= 0.6 is 0 Å². The summed E-state index contributed by atoms with van der Waals surface area (Å²) in [5, 5.41) is 35.7. The van der Waals surface area contributed by atoms with Gasteiger partial charge in [0.05, 0.1) is 25.0 Å². The first-order valence-electron chi connectivity index (χ1n) is 12.9. The smallest absolute Gasteiger partial charge is 0.274 e. The Hall–Kier alpha value is -3.83. The van der Waals surface area contributed by atoms with Gasteiger partial charge in [0.1, 0.15) is 5.82 Å². The number of aliphatic carboxylic acids is 1. The fourth-order valence-corrected chi connectivity index (χ4v) is 4.61. The van der Waals surface area contributed by atoms with Crippen molar-refractivity contribution in [1.82, 2.24) is 14.7 Å². The molecule has 0 aliphatic carbocycles. The van der Waals surface area contributed by atoms with Gasteiger partial charge in [-0.15, -0.1) is 0 Å². The predicted octanol–water partition coefficient (Wildman–Crippen LogP) is 2.74. The number of ether oxygens (including phenoxy) is 1. The second-order valence-corrected chi connectivity index (χ2v) is 10.0. The molecule has 0 fully saturated rings. The Morgan fingerprint density at radius 2 is 1.77 bits per heavy atom. The first-order valence-corrected chi connectivity index (χ1v) is 12.9. The van der Waals surface area contributed by atoms with Crippen molar-refractivity contribution in [3.05, 3.63) is 76.6 Å². The summed E-state index contributed by atoms with van der Waals surface area (Å²) >= 11 is 0. The molecule has 2 atom stereocenters. The van der Waals surface area contributed by atoms with Crippen molar-refractivity contribution in [1.29, 1.82) is 0 Å². The number of aliphatic hydroxyl groups excluding tert-OH is 2. The van der Waals surface area contributed by atoms with Gasteiger partial charge in [0, 0.05) is 37.2 Å². The maximum Gasteiger partial charge on any atom is 0.274 e. The normalized spacial score (nSPS) is 12.8. The average Bonchev–Trinajstić information content (AvgIpc) is 3.26. The molecule has 0 bridgehead atoms. The quantitative estimate of drug-likeness (QED) is 0.330. The van der Waals surface area contributed by atoms with E-state index in [9.17, 15) is 33.7 Å². The van der Waals surface area contributed by atoms with Gasteiger partial charge in [-0.25, -0.2) is 13.5 Å². The van der Waals surface area contributed by atoms with Crippen LogP contribution in [0.5, 0.6) is 5.75 Å². The fourth-order valence-electron chi connectivity index (χ4n) is 4.61. The van der Waals surface area contributed by atoms with Crippen LogP contribution in [0.15, 0.2) is 42.5 Å². The van der Waals surface area contributed by atoms with E-state index in [1.807, 2.05) is 13.8 Å². The average molecular weight is 559 g/mol. The van der Waals surface area contributed by atoms with E-state index in [2.05, 4.69) is 5.10 Å². The number of halogens is 2. The van der Waals surface area contributed by atoms with Crippen LogP contribution in [0.2, 0.25) is 0 Å². The highest BCUT2D eigenvalue weighted by Gasteiger charge is 2.28. The van der Waals surface area contributed by atoms with Crippen LogP contribution in [0.1, 0.15) is 66.3 Å². The molecule has 0 radical (unpaired) electrons. The van der Waals surface area contributed by atoms with Crippen LogP contribution in [0.25, 0.3) is 5.69 Å². The van der Waals surface area contributed by atoms with Gasteiger partial charge in [-0.05, 0) is 67.1 Å². The summed E-state index contributed by atoms with van der Waals surface area (Å²) in [6.45, 7) is 3.89. The summed E-state index contributed by atoms with van der Waals surface area (Å²) in [7, 11) is 2.94. The number of carboxylic acids is 1. The third-order valence-corrected chi connectivity index (χ3v) is 6.52. The molecule has 0 unspecified atom stereocenters. The number of hydrogen-bond donors (Lipinski definition) is 2. The second-order valence-electron chi connectivity index (χ2n) is 10.0. The monoisotopic (exact) mass is 558 g/mol. The zero-order valence-electron chi connectivity index (χ0n) is 22.9. The number of carbonyl (C=O) groups is 2. The van der Waals surface area contributed by atoms with Gasteiger partial charge in [0.25, 0.3) is 5.91 Å². The van der Waals surface area contributed by atoms with E-state index in [-0.39, 0.29) is 43.2 Å². The lowest BCUT2D eigenvalue weighted by Crippen LogP contribution is -2.29. The highest BCUT2D eigenvalue weighted by Crippen LogP contribution is 2.29. The molecule has 1 heterocycles. The Morgan fingerprint density at radius 3 is 2.35 bits per heavy atom. The van der Waals surface area contributed by atoms with Crippen molar-refractivity contribution >= 4 is 11.9 Å². The molecule has 1 amide bonds. The van der Waals surface area contributed by atoms with E-state index >= 15 is 0 Å². The zero-order chi connectivity index (χ0) is 29.6. The Bertz CT molecular complexity index is 1330. The number of carboxylic acid groups (broad SMARTS) is 1. The number of benzene rings is 2. The zero-order valence-corrected chi connectivity index (χ0v) is 22.9. The Labute approximate surface area is 231 Å². The summed E-state index contributed by atoms with van der Waals surface area (Å²) in [5.41, 5.74) is 2.46. The van der Waals surface area contributed by atoms with Gasteiger partial charge in [-0.3, -0.25) is 4.79 Å². The predicted molar refractivity (Wildman–Crippen MR) is 141 cm³/mol. The molecule has 0 spiro atoms. The van der Waals surface area contributed by atoms with Crippen LogP contribution in [0.3, 0.4) is 0 Å². The minimum atomic E-state index is -1.42. The number of methoxy groups -OCH3 is 1. The molecule has 0 aliphatic heterocycles. The van der Waals surface area contributed by atoms with E-state index in [1.165, 1.54) is 53.1 Å². The molecule has 1 aromatic heterocycles. The lowest BCUT2D eigenvalue weighted by Gasteiger charge is -2.19. The van der Waals surface area contributed by atoms with E-state index in [0.717, 1.165) is 0 Å². The molecule has 9 nitrogen and oxygen atoms in total. The summed E-state index contributed by atoms with van der Waals surface area (Å²) in [6, 6.07) is 10.0. The third kappa shape index (κ3) is 7.64. The van der Waals surface area contributed by atoms with Gasteiger partial charge in [-0.1, -0.05) is 19.9 Å². The van der Waals surface area contributed by atoms with E-state index in [1.54, 1.807) is 13.1 Å². The van der Waals surface area contributed by atoms with Crippen LogP contribution in [0, 0.1) is 11.6 Å². The van der Waals surface area contributed by atoms with Crippen molar-refractivity contribution in [2.45, 2.75) is 64.2 Å². The molecule has 3 aromatic rings. The maximum atomic E-state index is 14.2. The summed E-state index contributed by atoms with van der Waals surface area (Å²) in [6.07, 6.45) is -2.67. The lowest BCUT2D eigenvalue weighted by molar-refractivity contribution is -0.307. The first kappa shape index (κ1) is 30.7. The molecule has 0 aliphatic rings. The van der Waals surface area contributed by atoms with Crippen LogP contribution in [-0.2, 0) is 17.8 Å². The third-order valence-electron chi connectivity index (χ3n) is 6.52. The van der Waals surface area contributed by atoms with Gasteiger partial charge in [0.15, 0.2) is 17.3 Å². The molecule has 216 valence electrons. The number of hydrogen-bond acceptors (Lipinski definition) is 7. The van der Waals surface area contributed by atoms with Crippen LogP contribution in [0.4, 0.5) is 8.78 Å². The second kappa shape index (κ2) is 13.5. The number of aromatic nitrogens is 2. The Balaban J connectivity index is 1.95. The molecule has 2 N–H and O–H groups in total. The number of aliphatic hydroxyl groups is 2. The largest absolute Gasteiger partial charge is 0.550 e. The van der Waals surface area contributed by atoms with Crippen LogP contribution in [-0.4, -0.2) is 63.1 Å². The summed E-state index contributed by atoms with van der Waals surface area (Å²) in [4.78, 5) is 25.8. The topological polar surface area (TPSA) is 128 Å². The van der Waals surface area contributed by atoms with E-state index in [4.69, 9.17) is 4.74 Å². The first-order chi connectivity index (χ1) is 18.9.